The van der Waals surface area contributed by atoms with Gasteiger partial charge in [0.25, 0.3) is 0 Å². The van der Waals surface area contributed by atoms with Crippen LogP contribution >= 0.6 is 0 Å². The van der Waals surface area contributed by atoms with E-state index in [2.05, 4.69) is 35.8 Å². The quantitative estimate of drug-likeness (QED) is 0.163. The summed E-state index contributed by atoms with van der Waals surface area (Å²) in [4.78, 5) is 58.2. The number of nitrogens with one attached hydrogen (secondary N) is 5. The zero-order valence-electron chi connectivity index (χ0n) is 31.8. The summed E-state index contributed by atoms with van der Waals surface area (Å²) in [5.74, 6) is -1.43. The molecular weight excluding hydrogens is 745 g/mol. The number of sulfonamides is 1. The van der Waals surface area contributed by atoms with Crippen molar-refractivity contribution >= 4 is 45.0 Å². The summed E-state index contributed by atoms with van der Waals surface area (Å²) in [6, 6.07) is 26.8. The van der Waals surface area contributed by atoms with Crippen LogP contribution in [0.1, 0.15) is 35.1 Å². The van der Waals surface area contributed by atoms with Crippen LogP contribution in [0.5, 0.6) is 0 Å². The second-order valence-electron chi connectivity index (χ2n) is 14.4. The van der Waals surface area contributed by atoms with Crippen LogP contribution in [0.25, 0.3) is 0 Å². The SMILES string of the molecule is NCc1ccc(CNC(=O)[C@@H]2Cc3ccc(cc3)NC(=O)CCN3CCN(CCC(=O)Nc4ccc(cc4)C[C@@H](NS(=O)(=O)c4ccccc4)C(=O)N2)CC3)cc1. The van der Waals surface area contributed by atoms with Gasteiger partial charge < -0.3 is 36.8 Å². The predicted octanol–water partition coefficient (Wildman–Crippen LogP) is 2.37. The zero-order chi connectivity index (χ0) is 40.2. The highest BCUT2D eigenvalue weighted by atomic mass is 32.2. The van der Waals surface area contributed by atoms with Crippen molar-refractivity contribution in [3.63, 3.8) is 0 Å². The molecule has 300 valence electrons. The Bertz CT molecular complexity index is 2090. The standard InChI is InChI=1S/C42H50N8O6S/c43-28-32-6-8-33(9-7-32)29-44-41(53)37-26-30-10-14-34(15-11-30)45-39(51)18-20-49-22-24-50(25-23-49)21-19-40(52)46-35-16-12-31(13-17-35)27-38(42(54)47-37)48-57(55,56)36-4-2-1-3-5-36/h1-17,37-38,48H,18-29,43H2,(H,44,53)(H,45,51)(H,46,52)(H,47,54)/t37-,38+/m0/s1. The Morgan fingerprint density at radius 3 is 1.70 bits per heavy atom. The number of hydrogen-bond donors (Lipinski definition) is 6. The highest BCUT2D eigenvalue weighted by Gasteiger charge is 2.30. The molecule has 6 bridgehead atoms. The van der Waals surface area contributed by atoms with Crippen LogP contribution in [0, 0.1) is 0 Å². The van der Waals surface area contributed by atoms with Crippen molar-refractivity contribution in [3.8, 4) is 0 Å². The number of nitrogens with zero attached hydrogens (tertiary/aromatic N) is 2. The van der Waals surface area contributed by atoms with Crippen molar-refractivity contribution in [2.45, 2.75) is 55.8 Å². The number of nitrogens with two attached hydrogens (primary N) is 1. The predicted molar refractivity (Wildman–Crippen MR) is 218 cm³/mol. The number of piperazine rings is 1. The third-order valence-electron chi connectivity index (χ3n) is 10.2. The number of rotatable bonds is 7. The molecule has 5 aliphatic rings. The number of hydrogen-bond acceptors (Lipinski definition) is 9. The number of anilines is 2. The summed E-state index contributed by atoms with van der Waals surface area (Å²) < 4.78 is 29.7. The molecule has 0 aliphatic carbocycles. The van der Waals surface area contributed by atoms with Crippen molar-refractivity contribution < 1.29 is 27.6 Å². The third kappa shape index (κ3) is 12.3. The van der Waals surface area contributed by atoms with E-state index in [4.69, 9.17) is 5.73 Å². The van der Waals surface area contributed by atoms with Gasteiger partial charge in [0.1, 0.15) is 12.1 Å². The normalized spacial score (nSPS) is 21.3. The van der Waals surface area contributed by atoms with Crippen molar-refractivity contribution in [2.75, 3.05) is 49.9 Å². The Balaban J connectivity index is 1.27. The molecule has 4 aromatic carbocycles. The molecule has 0 aromatic heterocycles. The zero-order valence-corrected chi connectivity index (χ0v) is 32.6. The molecule has 7 N–H and O–H groups in total. The summed E-state index contributed by atoms with van der Waals surface area (Å²) in [7, 11) is -4.16. The van der Waals surface area contributed by atoms with E-state index in [0.29, 0.717) is 55.0 Å². The Morgan fingerprint density at radius 1 is 0.667 bits per heavy atom. The van der Waals surface area contributed by atoms with E-state index in [0.717, 1.165) is 37.3 Å². The minimum atomic E-state index is -4.16. The molecule has 0 radical (unpaired) electrons. The molecule has 0 spiro atoms. The fourth-order valence-corrected chi connectivity index (χ4v) is 7.97. The van der Waals surface area contributed by atoms with E-state index in [9.17, 15) is 27.6 Å². The minimum Gasteiger partial charge on any atom is -0.350 e. The van der Waals surface area contributed by atoms with Gasteiger partial charge in [0, 0.05) is 83.0 Å². The molecule has 1 saturated heterocycles. The van der Waals surface area contributed by atoms with Crippen LogP contribution in [0.15, 0.2) is 108 Å². The lowest BCUT2D eigenvalue weighted by molar-refractivity contribution is -0.129. The maximum atomic E-state index is 14.2. The summed E-state index contributed by atoms with van der Waals surface area (Å²) in [5.41, 5.74) is 10.0. The average molecular weight is 795 g/mol. The molecular formula is C42H50N8O6S. The molecule has 1 fully saturated rings. The van der Waals surface area contributed by atoms with Gasteiger partial charge in [0.2, 0.25) is 33.7 Å². The molecule has 14 nitrogen and oxygen atoms in total. The maximum Gasteiger partial charge on any atom is 0.243 e. The van der Waals surface area contributed by atoms with E-state index in [1.54, 1.807) is 66.7 Å². The Labute approximate surface area is 333 Å². The van der Waals surface area contributed by atoms with E-state index >= 15 is 0 Å². The monoisotopic (exact) mass is 794 g/mol. The van der Waals surface area contributed by atoms with E-state index < -0.39 is 33.9 Å². The van der Waals surface area contributed by atoms with Gasteiger partial charge in [-0.1, -0.05) is 66.7 Å². The van der Waals surface area contributed by atoms with Crippen LogP contribution in [-0.4, -0.2) is 93.2 Å². The first-order valence-electron chi connectivity index (χ1n) is 19.2. The van der Waals surface area contributed by atoms with E-state index in [-0.39, 0.29) is 36.1 Å². The van der Waals surface area contributed by atoms with Gasteiger partial charge in [-0.25, -0.2) is 8.42 Å². The first-order valence-corrected chi connectivity index (χ1v) is 20.7. The van der Waals surface area contributed by atoms with Crippen LogP contribution < -0.4 is 31.7 Å². The number of benzene rings is 4. The second-order valence-corrected chi connectivity index (χ2v) is 16.1. The first kappa shape index (κ1) is 41.2. The summed E-state index contributed by atoms with van der Waals surface area (Å²) in [5, 5.41) is 11.6. The second kappa shape index (κ2) is 19.6. The molecule has 4 amide bonds. The molecule has 9 rings (SSSR count). The minimum absolute atomic E-state index is 0.0177. The fraction of sp³-hybridized carbons (Fsp3) is 0.333. The van der Waals surface area contributed by atoms with Gasteiger partial charge in [-0.3, -0.25) is 19.2 Å². The Morgan fingerprint density at radius 2 is 1.18 bits per heavy atom. The average Bonchev–Trinajstić information content (AvgIpc) is 3.22. The fourth-order valence-electron chi connectivity index (χ4n) is 6.75. The summed E-state index contributed by atoms with van der Waals surface area (Å²) in [6.45, 7) is 5.00. The van der Waals surface area contributed by atoms with Gasteiger partial charge >= 0.3 is 0 Å². The lowest BCUT2D eigenvalue weighted by Gasteiger charge is -2.34. The van der Waals surface area contributed by atoms with Crippen molar-refractivity contribution in [1.29, 1.82) is 0 Å². The molecule has 4 aromatic rings. The Hall–Kier alpha value is -5.45. The van der Waals surface area contributed by atoms with Crippen LogP contribution in [0.3, 0.4) is 0 Å². The smallest absolute Gasteiger partial charge is 0.243 e. The molecule has 0 saturated carbocycles. The first-order chi connectivity index (χ1) is 27.5. The molecule has 15 heteroatoms. The number of amides is 4. The Kier molecular flexibility index (Phi) is 14.2. The molecule has 2 atom stereocenters. The largest absolute Gasteiger partial charge is 0.350 e. The lowest BCUT2D eigenvalue weighted by atomic mass is 10.0. The highest BCUT2D eigenvalue weighted by molar-refractivity contribution is 7.89. The van der Waals surface area contributed by atoms with Crippen LogP contribution in [0.2, 0.25) is 0 Å². The number of fused-ring (bicyclic) bond motifs is 3. The molecule has 5 heterocycles. The van der Waals surface area contributed by atoms with E-state index in [1.165, 1.54) is 12.1 Å². The van der Waals surface area contributed by atoms with Gasteiger partial charge in [0.15, 0.2) is 0 Å². The van der Waals surface area contributed by atoms with Crippen LogP contribution in [-0.2, 0) is 55.1 Å². The van der Waals surface area contributed by atoms with Crippen molar-refractivity contribution in [1.82, 2.24) is 25.2 Å². The molecule has 57 heavy (non-hydrogen) atoms. The maximum absolute atomic E-state index is 14.2. The number of carbonyl (C=O) groups excluding carboxylic acids is 4. The topological polar surface area (TPSA) is 195 Å². The lowest BCUT2D eigenvalue weighted by Crippen LogP contribution is -2.55. The number of carbonyl (C=O) groups is 4. The van der Waals surface area contributed by atoms with E-state index in [1.807, 2.05) is 24.3 Å². The third-order valence-corrected chi connectivity index (χ3v) is 11.6. The molecule has 0 unspecified atom stereocenters. The van der Waals surface area contributed by atoms with Crippen molar-refractivity contribution in [3.05, 3.63) is 125 Å². The summed E-state index contributed by atoms with van der Waals surface area (Å²) in [6.07, 6.45) is 0.661. The van der Waals surface area contributed by atoms with Gasteiger partial charge in [-0.05, 0) is 65.1 Å². The van der Waals surface area contributed by atoms with Crippen molar-refractivity contribution in [2.24, 2.45) is 5.73 Å². The van der Waals surface area contributed by atoms with Gasteiger partial charge in [0.05, 0.1) is 4.90 Å². The summed E-state index contributed by atoms with van der Waals surface area (Å²) >= 11 is 0. The molecule has 5 aliphatic heterocycles. The van der Waals surface area contributed by atoms with Crippen LogP contribution in [0.4, 0.5) is 11.4 Å². The highest BCUT2D eigenvalue weighted by Crippen LogP contribution is 2.17. The van der Waals surface area contributed by atoms with Gasteiger partial charge in [-0.15, -0.1) is 0 Å². The van der Waals surface area contributed by atoms with Gasteiger partial charge in [-0.2, -0.15) is 4.72 Å².